The summed E-state index contributed by atoms with van der Waals surface area (Å²) in [5.74, 6) is 2.01. The fraction of sp³-hybridized carbons (Fsp3) is 0.867. The molecule has 3 saturated carbocycles. The second-order valence-corrected chi connectivity index (χ2v) is 12.9. The van der Waals surface area contributed by atoms with Crippen molar-refractivity contribution in [3.8, 4) is 0 Å². The van der Waals surface area contributed by atoms with Gasteiger partial charge in [0, 0.05) is 0 Å². The standard InChI is InChI=1S/C30H52O4/c1-21(31)8-5-9-23(10-6-16-29(2,3)34)27-14-15-28-24(11-7-17-30(27,28)4)13-12-22-18-25(32)20-26(33)19-22/h12-13,21,23,25-28,31-34H,5-11,14-20H2,1-4H3/t21?,23?,25-,26?,27-,28?,30-/m1/s1. The maximum absolute atomic E-state index is 10.2. The van der Waals surface area contributed by atoms with Crippen molar-refractivity contribution >= 4 is 0 Å². The van der Waals surface area contributed by atoms with Crippen LogP contribution in [0.2, 0.25) is 0 Å². The normalized spacial score (nSPS) is 36.6. The first-order valence-corrected chi connectivity index (χ1v) is 14.1. The fourth-order valence-corrected chi connectivity index (χ4v) is 7.60. The quantitative estimate of drug-likeness (QED) is 0.308. The zero-order valence-electron chi connectivity index (χ0n) is 22.3. The average molecular weight is 477 g/mol. The van der Waals surface area contributed by atoms with Crippen molar-refractivity contribution < 1.29 is 20.4 Å². The van der Waals surface area contributed by atoms with E-state index in [1.165, 1.54) is 50.5 Å². The van der Waals surface area contributed by atoms with Crippen LogP contribution in [0.5, 0.6) is 0 Å². The zero-order valence-corrected chi connectivity index (χ0v) is 22.3. The lowest BCUT2D eigenvalue weighted by Crippen LogP contribution is -2.37. The van der Waals surface area contributed by atoms with Crippen LogP contribution in [-0.2, 0) is 0 Å². The Balaban J connectivity index is 1.72. The van der Waals surface area contributed by atoms with Gasteiger partial charge in [0.1, 0.15) is 0 Å². The smallest absolute Gasteiger partial charge is 0.0602 e. The summed E-state index contributed by atoms with van der Waals surface area (Å²) in [6, 6.07) is 0. The van der Waals surface area contributed by atoms with Crippen LogP contribution in [0.1, 0.15) is 118 Å². The van der Waals surface area contributed by atoms with E-state index >= 15 is 0 Å². The summed E-state index contributed by atoms with van der Waals surface area (Å²) in [5.41, 5.74) is 2.50. The van der Waals surface area contributed by atoms with E-state index in [-0.39, 0.29) is 6.10 Å². The first kappa shape index (κ1) is 27.9. The van der Waals surface area contributed by atoms with Gasteiger partial charge >= 0.3 is 0 Å². The lowest BCUT2D eigenvalue weighted by molar-refractivity contribution is 0.0546. The number of aliphatic hydroxyl groups is 4. The van der Waals surface area contributed by atoms with Gasteiger partial charge in [0.05, 0.1) is 23.9 Å². The van der Waals surface area contributed by atoms with E-state index in [2.05, 4.69) is 19.1 Å². The van der Waals surface area contributed by atoms with E-state index in [9.17, 15) is 20.4 Å². The molecule has 0 bridgehead atoms. The van der Waals surface area contributed by atoms with Gasteiger partial charge < -0.3 is 20.4 Å². The van der Waals surface area contributed by atoms with Crippen molar-refractivity contribution in [2.45, 2.75) is 141 Å². The van der Waals surface area contributed by atoms with Gasteiger partial charge in [-0.15, -0.1) is 0 Å². The van der Waals surface area contributed by atoms with Crippen molar-refractivity contribution in [3.05, 3.63) is 23.3 Å². The lowest BCUT2D eigenvalue weighted by Gasteiger charge is -2.45. The number of aliphatic hydroxyl groups excluding tert-OH is 3. The van der Waals surface area contributed by atoms with Crippen molar-refractivity contribution in [3.63, 3.8) is 0 Å². The van der Waals surface area contributed by atoms with Gasteiger partial charge in [-0.1, -0.05) is 55.9 Å². The topological polar surface area (TPSA) is 80.9 Å². The zero-order chi connectivity index (χ0) is 24.9. The largest absolute Gasteiger partial charge is 0.393 e. The minimum absolute atomic E-state index is 0.224. The van der Waals surface area contributed by atoms with E-state index in [4.69, 9.17) is 0 Å². The molecule has 4 nitrogen and oxygen atoms in total. The van der Waals surface area contributed by atoms with E-state index in [1.54, 1.807) is 5.57 Å². The predicted octanol–water partition coefficient (Wildman–Crippen LogP) is 6.07. The highest BCUT2D eigenvalue weighted by atomic mass is 16.3. The third kappa shape index (κ3) is 7.66. The molecule has 0 amide bonds. The molecule has 0 aromatic carbocycles. The molecule has 4 N–H and O–H groups in total. The Morgan fingerprint density at radius 1 is 1.03 bits per heavy atom. The maximum Gasteiger partial charge on any atom is 0.0602 e. The van der Waals surface area contributed by atoms with Crippen molar-refractivity contribution in [1.82, 2.24) is 0 Å². The second-order valence-electron chi connectivity index (χ2n) is 12.9. The van der Waals surface area contributed by atoms with E-state index in [0.717, 1.165) is 25.7 Å². The Kier molecular flexibility index (Phi) is 9.88. The van der Waals surface area contributed by atoms with Crippen LogP contribution in [0.3, 0.4) is 0 Å². The summed E-state index contributed by atoms with van der Waals surface area (Å²) in [5, 5.41) is 40.1. The Morgan fingerprint density at radius 3 is 2.35 bits per heavy atom. The van der Waals surface area contributed by atoms with Crippen LogP contribution in [0.15, 0.2) is 23.3 Å². The highest BCUT2D eigenvalue weighted by Gasteiger charge is 2.51. The minimum Gasteiger partial charge on any atom is -0.393 e. The highest BCUT2D eigenvalue weighted by Crippen LogP contribution is 2.60. The molecule has 7 atom stereocenters. The highest BCUT2D eigenvalue weighted by molar-refractivity contribution is 5.26. The molecule has 0 aromatic heterocycles. The molecule has 3 aliphatic carbocycles. The van der Waals surface area contributed by atoms with Crippen LogP contribution in [0, 0.1) is 23.2 Å². The van der Waals surface area contributed by atoms with Crippen LogP contribution in [-0.4, -0.2) is 44.3 Å². The third-order valence-electron chi connectivity index (χ3n) is 9.24. The van der Waals surface area contributed by atoms with Crippen LogP contribution < -0.4 is 0 Å². The molecule has 0 radical (unpaired) electrons. The second kappa shape index (κ2) is 12.0. The van der Waals surface area contributed by atoms with Gasteiger partial charge in [-0.25, -0.2) is 0 Å². The Bertz CT molecular complexity index is 691. The molecule has 3 rings (SSSR count). The molecule has 3 fully saturated rings. The van der Waals surface area contributed by atoms with Gasteiger partial charge in [-0.3, -0.25) is 0 Å². The average Bonchev–Trinajstić information content (AvgIpc) is 3.06. The Morgan fingerprint density at radius 2 is 1.71 bits per heavy atom. The molecule has 4 unspecified atom stereocenters. The van der Waals surface area contributed by atoms with E-state index < -0.39 is 17.8 Å². The number of hydrogen-bond donors (Lipinski definition) is 4. The predicted molar refractivity (Wildman–Crippen MR) is 139 cm³/mol. The molecule has 0 spiro atoms. The van der Waals surface area contributed by atoms with Gasteiger partial charge in [0.2, 0.25) is 0 Å². The number of allylic oxidation sites excluding steroid dienone is 3. The summed E-state index contributed by atoms with van der Waals surface area (Å²) in [6.07, 6.45) is 17.9. The maximum atomic E-state index is 10.2. The summed E-state index contributed by atoms with van der Waals surface area (Å²) < 4.78 is 0. The fourth-order valence-electron chi connectivity index (χ4n) is 7.60. The molecule has 0 heterocycles. The minimum atomic E-state index is -0.596. The van der Waals surface area contributed by atoms with Crippen molar-refractivity contribution in [2.75, 3.05) is 0 Å². The SMILES string of the molecule is CC(O)CCCC(CCCC(C)(C)O)[C@H]1CCC2C(=CC=C3CC(O)C[C@H](O)C3)CCC[C@@]21C. The Labute approximate surface area is 208 Å². The number of rotatable bonds is 10. The number of fused-ring (bicyclic) bond motifs is 1. The summed E-state index contributed by atoms with van der Waals surface area (Å²) in [6.45, 7) is 8.27. The van der Waals surface area contributed by atoms with Crippen LogP contribution in [0.25, 0.3) is 0 Å². The molecule has 3 aliphatic rings. The molecule has 0 aliphatic heterocycles. The molecular formula is C30H52O4. The Hall–Kier alpha value is -0.680. The van der Waals surface area contributed by atoms with Gasteiger partial charge in [0.25, 0.3) is 0 Å². The third-order valence-corrected chi connectivity index (χ3v) is 9.24. The van der Waals surface area contributed by atoms with Gasteiger partial charge in [-0.2, -0.15) is 0 Å². The van der Waals surface area contributed by atoms with Gasteiger partial charge in [0.15, 0.2) is 0 Å². The number of hydrogen-bond acceptors (Lipinski definition) is 4. The van der Waals surface area contributed by atoms with E-state index in [0.29, 0.717) is 42.4 Å². The van der Waals surface area contributed by atoms with E-state index in [1.807, 2.05) is 20.8 Å². The molecule has 196 valence electrons. The van der Waals surface area contributed by atoms with Crippen LogP contribution >= 0.6 is 0 Å². The molecular weight excluding hydrogens is 424 g/mol. The van der Waals surface area contributed by atoms with Crippen LogP contribution in [0.4, 0.5) is 0 Å². The van der Waals surface area contributed by atoms with Crippen molar-refractivity contribution in [2.24, 2.45) is 23.2 Å². The summed E-state index contributed by atoms with van der Waals surface area (Å²) in [7, 11) is 0. The summed E-state index contributed by atoms with van der Waals surface area (Å²) in [4.78, 5) is 0. The van der Waals surface area contributed by atoms with Gasteiger partial charge in [-0.05, 0) is 108 Å². The van der Waals surface area contributed by atoms with Crippen molar-refractivity contribution in [1.29, 1.82) is 0 Å². The molecule has 4 heteroatoms. The first-order valence-electron chi connectivity index (χ1n) is 14.1. The summed E-state index contributed by atoms with van der Waals surface area (Å²) >= 11 is 0. The molecule has 0 aromatic rings. The monoisotopic (exact) mass is 476 g/mol. The molecule has 34 heavy (non-hydrogen) atoms. The lowest BCUT2D eigenvalue weighted by atomic mass is 9.60. The molecule has 0 saturated heterocycles. The first-order chi connectivity index (χ1) is 16.0.